The second-order valence-electron chi connectivity index (χ2n) is 6.68. The molecule has 1 aliphatic heterocycles. The Bertz CT molecular complexity index is 1140. The molecule has 130 valence electrons. The molecule has 0 aromatic carbocycles. The predicted molar refractivity (Wildman–Crippen MR) is 104 cm³/mol. The number of anilines is 1. The molecular formula is C20H19N5O. The van der Waals surface area contributed by atoms with E-state index in [1.165, 1.54) is 12.8 Å². The van der Waals surface area contributed by atoms with Gasteiger partial charge in [0, 0.05) is 19.3 Å². The van der Waals surface area contributed by atoms with Crippen molar-refractivity contribution >= 4 is 33.5 Å². The lowest BCUT2D eigenvalue weighted by atomic mass is 10.2. The molecule has 0 bridgehead atoms. The third kappa shape index (κ3) is 2.37. The Morgan fingerprint density at radius 2 is 2.00 bits per heavy atom. The minimum Gasteiger partial charge on any atom is -0.357 e. The fourth-order valence-corrected chi connectivity index (χ4v) is 3.65. The van der Waals surface area contributed by atoms with Gasteiger partial charge in [0.25, 0.3) is 5.56 Å². The lowest BCUT2D eigenvalue weighted by molar-refractivity contribution is 0.890. The van der Waals surface area contributed by atoms with Crippen molar-refractivity contribution in [2.75, 3.05) is 18.0 Å². The smallest absolute Gasteiger partial charge is 0.280 e. The summed E-state index contributed by atoms with van der Waals surface area (Å²) in [5.74, 6) is 0.954. The average molecular weight is 345 g/mol. The van der Waals surface area contributed by atoms with E-state index in [0.717, 1.165) is 47.6 Å². The van der Waals surface area contributed by atoms with Gasteiger partial charge in [-0.15, -0.1) is 0 Å². The van der Waals surface area contributed by atoms with Crippen molar-refractivity contribution in [1.82, 2.24) is 19.7 Å². The molecule has 0 spiro atoms. The van der Waals surface area contributed by atoms with E-state index >= 15 is 0 Å². The molecule has 1 aliphatic carbocycles. The minimum absolute atomic E-state index is 0.0967. The summed E-state index contributed by atoms with van der Waals surface area (Å²) >= 11 is 0. The number of fused-ring (bicyclic) bond motifs is 3. The topological polar surface area (TPSA) is 66.8 Å². The van der Waals surface area contributed by atoms with Gasteiger partial charge in [-0.25, -0.2) is 9.67 Å². The van der Waals surface area contributed by atoms with Gasteiger partial charge in [0.15, 0.2) is 0 Å². The van der Waals surface area contributed by atoms with E-state index in [0.29, 0.717) is 5.39 Å². The molecule has 0 unspecified atom stereocenters. The molecule has 2 aliphatic rings. The molecule has 1 fully saturated rings. The van der Waals surface area contributed by atoms with Gasteiger partial charge >= 0.3 is 0 Å². The third-order valence-electron chi connectivity index (χ3n) is 5.02. The van der Waals surface area contributed by atoms with E-state index in [1.807, 2.05) is 36.4 Å². The van der Waals surface area contributed by atoms with Gasteiger partial charge in [0.2, 0.25) is 0 Å². The van der Waals surface area contributed by atoms with E-state index in [2.05, 4.69) is 21.1 Å². The highest BCUT2D eigenvalue weighted by atomic mass is 16.1. The van der Waals surface area contributed by atoms with Gasteiger partial charge in [-0.3, -0.25) is 14.9 Å². The summed E-state index contributed by atoms with van der Waals surface area (Å²) in [6.45, 7) is 2.06. The van der Waals surface area contributed by atoms with E-state index in [1.54, 1.807) is 10.9 Å². The molecule has 0 atom stereocenters. The molecule has 1 N–H and O–H groups in total. The van der Waals surface area contributed by atoms with Crippen LogP contribution in [-0.2, 0) is 0 Å². The molecule has 5 rings (SSSR count). The highest BCUT2D eigenvalue weighted by Crippen LogP contribution is 2.24. The highest BCUT2D eigenvalue weighted by molar-refractivity contribution is 6.01. The minimum atomic E-state index is -0.0967. The zero-order valence-corrected chi connectivity index (χ0v) is 14.4. The van der Waals surface area contributed by atoms with Gasteiger partial charge in [-0.1, -0.05) is 24.3 Å². The number of nitrogens with one attached hydrogen (secondary N) is 1. The van der Waals surface area contributed by atoms with E-state index in [4.69, 9.17) is 4.98 Å². The summed E-state index contributed by atoms with van der Waals surface area (Å²) < 4.78 is 1.58. The molecule has 6 nitrogen and oxygen atoms in total. The van der Waals surface area contributed by atoms with Gasteiger partial charge in [-0.2, -0.15) is 0 Å². The standard InChI is InChI=1S/C20H19N5O/c26-20-15-13-21-16-9-10-17(24-11-5-6-12-24)22-19(16)18(15)23-25(20)14-7-3-1-2-4-8-14/h1-3,7-10,13,23H,4-6,11-12H2. The predicted octanol–water partition coefficient (Wildman–Crippen LogP) is 3.23. The molecule has 26 heavy (non-hydrogen) atoms. The Labute approximate surface area is 150 Å². The van der Waals surface area contributed by atoms with Crippen LogP contribution in [0.5, 0.6) is 0 Å². The van der Waals surface area contributed by atoms with Crippen molar-refractivity contribution in [2.45, 2.75) is 19.3 Å². The van der Waals surface area contributed by atoms with Gasteiger partial charge in [0.1, 0.15) is 11.3 Å². The first kappa shape index (κ1) is 15.1. The number of aromatic amines is 1. The number of pyridine rings is 2. The molecule has 6 heteroatoms. The van der Waals surface area contributed by atoms with Crippen LogP contribution in [0.3, 0.4) is 0 Å². The third-order valence-corrected chi connectivity index (χ3v) is 5.02. The summed E-state index contributed by atoms with van der Waals surface area (Å²) in [6, 6.07) is 4.00. The Hall–Kier alpha value is -3.15. The number of nitrogens with zero attached hydrogens (tertiary/aromatic N) is 4. The van der Waals surface area contributed by atoms with Crippen LogP contribution >= 0.6 is 0 Å². The van der Waals surface area contributed by atoms with Crippen LogP contribution in [-0.4, -0.2) is 32.8 Å². The summed E-state index contributed by atoms with van der Waals surface area (Å²) in [5, 5.41) is 3.82. The van der Waals surface area contributed by atoms with E-state index < -0.39 is 0 Å². The first-order valence-corrected chi connectivity index (χ1v) is 9.00. The first-order valence-electron chi connectivity index (χ1n) is 9.00. The second-order valence-corrected chi connectivity index (χ2v) is 6.68. The molecule has 0 radical (unpaired) electrons. The van der Waals surface area contributed by atoms with Crippen molar-refractivity contribution in [3.63, 3.8) is 0 Å². The van der Waals surface area contributed by atoms with Gasteiger partial charge in [-0.05, 0) is 37.5 Å². The number of allylic oxidation sites excluding steroid dienone is 6. The Morgan fingerprint density at radius 3 is 2.88 bits per heavy atom. The number of H-pyrrole nitrogens is 1. The van der Waals surface area contributed by atoms with Crippen LogP contribution in [0.15, 0.2) is 53.5 Å². The summed E-state index contributed by atoms with van der Waals surface area (Å²) in [7, 11) is 0. The monoisotopic (exact) mass is 345 g/mol. The maximum Gasteiger partial charge on any atom is 0.280 e. The quantitative estimate of drug-likeness (QED) is 0.774. The first-order chi connectivity index (χ1) is 12.8. The second kappa shape index (κ2) is 5.98. The normalized spacial score (nSPS) is 17.2. The number of hydrogen-bond donors (Lipinski definition) is 1. The molecular weight excluding hydrogens is 326 g/mol. The van der Waals surface area contributed by atoms with Gasteiger partial charge < -0.3 is 4.90 Å². The van der Waals surface area contributed by atoms with E-state index in [9.17, 15) is 4.79 Å². The Balaban J connectivity index is 1.71. The van der Waals surface area contributed by atoms with Crippen LogP contribution < -0.4 is 10.5 Å². The highest BCUT2D eigenvalue weighted by Gasteiger charge is 2.17. The van der Waals surface area contributed by atoms with Crippen molar-refractivity contribution in [3.05, 3.63) is 59.1 Å². The maximum atomic E-state index is 12.9. The van der Waals surface area contributed by atoms with Crippen LogP contribution in [0.4, 0.5) is 5.82 Å². The van der Waals surface area contributed by atoms with Crippen molar-refractivity contribution in [2.24, 2.45) is 0 Å². The Kier molecular flexibility index (Phi) is 3.48. The molecule has 4 heterocycles. The summed E-state index contributed by atoms with van der Waals surface area (Å²) in [4.78, 5) is 24.5. The van der Waals surface area contributed by atoms with Crippen LogP contribution in [0.1, 0.15) is 19.3 Å². The Morgan fingerprint density at radius 1 is 1.12 bits per heavy atom. The molecule has 3 aromatic heterocycles. The molecule has 3 aromatic rings. The zero-order valence-electron chi connectivity index (χ0n) is 14.4. The SMILES string of the molecule is O=c1c2cnc3ccc(N4CCCC4)nc3c2[nH]n1C1=CCC=CC=C1. The molecule has 1 saturated heterocycles. The summed E-state index contributed by atoms with van der Waals surface area (Å²) in [6.07, 6.45) is 14.8. The summed E-state index contributed by atoms with van der Waals surface area (Å²) in [5.41, 5.74) is 3.02. The maximum absolute atomic E-state index is 12.9. The number of aromatic nitrogens is 4. The molecule has 0 amide bonds. The molecule has 0 saturated carbocycles. The average Bonchev–Trinajstić information content (AvgIpc) is 3.23. The fraction of sp³-hybridized carbons (Fsp3) is 0.250. The zero-order chi connectivity index (χ0) is 17.5. The van der Waals surface area contributed by atoms with Crippen molar-refractivity contribution < 1.29 is 0 Å². The van der Waals surface area contributed by atoms with Crippen molar-refractivity contribution in [1.29, 1.82) is 0 Å². The number of rotatable bonds is 2. The number of hydrogen-bond acceptors (Lipinski definition) is 4. The lowest BCUT2D eigenvalue weighted by Gasteiger charge is -2.16. The van der Waals surface area contributed by atoms with Crippen LogP contribution in [0.2, 0.25) is 0 Å². The van der Waals surface area contributed by atoms with Crippen LogP contribution in [0, 0.1) is 0 Å². The fourth-order valence-electron chi connectivity index (χ4n) is 3.65. The van der Waals surface area contributed by atoms with Crippen LogP contribution in [0.25, 0.3) is 27.6 Å². The van der Waals surface area contributed by atoms with Gasteiger partial charge in [0.05, 0.1) is 22.1 Å². The lowest BCUT2D eigenvalue weighted by Crippen LogP contribution is -2.18. The largest absolute Gasteiger partial charge is 0.357 e. The van der Waals surface area contributed by atoms with Crippen molar-refractivity contribution in [3.8, 4) is 0 Å². The van der Waals surface area contributed by atoms with E-state index in [-0.39, 0.29) is 5.56 Å².